The maximum absolute atomic E-state index is 9.76. The van der Waals surface area contributed by atoms with Crippen LogP contribution in [0.4, 0.5) is 0 Å². The predicted octanol–water partition coefficient (Wildman–Crippen LogP) is 2.18. The lowest BCUT2D eigenvalue weighted by Crippen LogP contribution is -2.42. The minimum absolute atomic E-state index is 0.0947. The van der Waals surface area contributed by atoms with Crippen molar-refractivity contribution in [2.75, 3.05) is 19.8 Å². The fraction of sp³-hybridized carbons (Fsp3) is 0.889. The predicted molar refractivity (Wildman–Crippen MR) is 90.3 cm³/mol. The van der Waals surface area contributed by atoms with E-state index in [1.165, 1.54) is 32.1 Å². The van der Waals surface area contributed by atoms with E-state index in [0.717, 1.165) is 19.3 Å². The van der Waals surface area contributed by atoms with E-state index in [9.17, 15) is 15.3 Å². The molecule has 1 aliphatic rings. The van der Waals surface area contributed by atoms with Crippen molar-refractivity contribution in [2.45, 2.75) is 82.7 Å². The Morgan fingerprint density at radius 2 is 1.78 bits per heavy atom. The van der Waals surface area contributed by atoms with Crippen LogP contribution < -0.4 is 0 Å². The molecule has 1 heterocycles. The highest BCUT2D eigenvalue weighted by Gasteiger charge is 2.40. The van der Waals surface area contributed by atoms with Crippen LogP contribution in [0.25, 0.3) is 0 Å². The molecule has 23 heavy (non-hydrogen) atoms. The lowest BCUT2D eigenvalue weighted by molar-refractivity contribution is -0.101. The van der Waals surface area contributed by atoms with Crippen molar-refractivity contribution in [3.05, 3.63) is 12.2 Å². The Balaban J connectivity index is 2.00. The molecule has 0 radical (unpaired) electrons. The minimum Gasteiger partial charge on any atom is -0.394 e. The summed E-state index contributed by atoms with van der Waals surface area (Å²) in [6.07, 6.45) is 10.7. The highest BCUT2D eigenvalue weighted by atomic mass is 16.6. The minimum atomic E-state index is -0.980. The molecule has 0 amide bonds. The third kappa shape index (κ3) is 8.27. The zero-order valence-corrected chi connectivity index (χ0v) is 14.4. The third-order valence-electron chi connectivity index (χ3n) is 4.22. The van der Waals surface area contributed by atoms with Crippen LogP contribution >= 0.6 is 0 Å². The SMILES string of the molecule is CCCC/C=C/CCCCCCO[C@@H](CO)[C@@H]1OC[C@@H](O)[C@@H]1O. The van der Waals surface area contributed by atoms with Gasteiger partial charge in [-0.1, -0.05) is 44.8 Å². The smallest absolute Gasteiger partial charge is 0.114 e. The first-order valence-electron chi connectivity index (χ1n) is 9.05. The highest BCUT2D eigenvalue weighted by Crippen LogP contribution is 2.19. The first-order valence-corrected chi connectivity index (χ1v) is 9.05. The van der Waals surface area contributed by atoms with Gasteiger partial charge in [0, 0.05) is 6.61 Å². The summed E-state index contributed by atoms with van der Waals surface area (Å²) in [6.45, 7) is 2.63. The maximum atomic E-state index is 9.76. The molecule has 1 aliphatic heterocycles. The Kier molecular flexibility index (Phi) is 11.5. The third-order valence-corrected chi connectivity index (χ3v) is 4.22. The maximum Gasteiger partial charge on any atom is 0.114 e. The number of rotatable bonds is 13. The van der Waals surface area contributed by atoms with E-state index in [0.29, 0.717) is 6.61 Å². The van der Waals surface area contributed by atoms with Crippen molar-refractivity contribution in [3.63, 3.8) is 0 Å². The van der Waals surface area contributed by atoms with Gasteiger partial charge in [0.1, 0.15) is 24.4 Å². The lowest BCUT2D eigenvalue weighted by atomic mass is 10.1. The molecule has 3 N–H and O–H groups in total. The number of aliphatic hydroxyl groups is 3. The number of ether oxygens (including phenoxy) is 2. The van der Waals surface area contributed by atoms with Gasteiger partial charge < -0.3 is 24.8 Å². The van der Waals surface area contributed by atoms with E-state index in [1.807, 2.05) is 0 Å². The molecular formula is C18H34O5. The number of allylic oxidation sites excluding steroid dienone is 2. The fourth-order valence-corrected chi connectivity index (χ4v) is 2.71. The fourth-order valence-electron chi connectivity index (χ4n) is 2.71. The topological polar surface area (TPSA) is 79.2 Å². The van der Waals surface area contributed by atoms with Crippen LogP contribution in [0.3, 0.4) is 0 Å². The molecular weight excluding hydrogens is 296 g/mol. The molecule has 0 aromatic carbocycles. The van der Waals surface area contributed by atoms with Crippen molar-refractivity contribution < 1.29 is 24.8 Å². The molecule has 0 aromatic rings. The van der Waals surface area contributed by atoms with Gasteiger partial charge in [-0.25, -0.2) is 0 Å². The van der Waals surface area contributed by atoms with Crippen molar-refractivity contribution >= 4 is 0 Å². The molecule has 136 valence electrons. The summed E-state index contributed by atoms with van der Waals surface area (Å²) in [5.74, 6) is 0. The van der Waals surface area contributed by atoms with Crippen molar-refractivity contribution in [1.82, 2.24) is 0 Å². The van der Waals surface area contributed by atoms with Gasteiger partial charge in [-0.15, -0.1) is 0 Å². The van der Waals surface area contributed by atoms with E-state index in [2.05, 4.69) is 19.1 Å². The number of unbranched alkanes of at least 4 members (excludes halogenated alkanes) is 6. The highest BCUT2D eigenvalue weighted by molar-refractivity contribution is 4.88. The second-order valence-corrected chi connectivity index (χ2v) is 6.26. The van der Waals surface area contributed by atoms with Gasteiger partial charge in [0.25, 0.3) is 0 Å². The summed E-state index contributed by atoms with van der Waals surface area (Å²) < 4.78 is 10.9. The van der Waals surface area contributed by atoms with E-state index in [1.54, 1.807) is 0 Å². The van der Waals surface area contributed by atoms with Crippen LogP contribution in [0, 0.1) is 0 Å². The molecule has 0 spiro atoms. The second kappa shape index (κ2) is 12.9. The number of aliphatic hydroxyl groups excluding tert-OH is 3. The molecule has 0 aromatic heterocycles. The standard InChI is InChI=1S/C18H34O5/c1-2-3-4-5-6-7-8-9-10-11-12-22-16(13-19)18-17(21)15(20)14-23-18/h5-6,15-21H,2-4,7-14H2,1H3/b6-5+/t15-,16+,17+,18+/m1/s1. The quantitative estimate of drug-likeness (QED) is 0.356. The Morgan fingerprint density at radius 1 is 1.09 bits per heavy atom. The Morgan fingerprint density at radius 3 is 2.39 bits per heavy atom. The van der Waals surface area contributed by atoms with E-state index >= 15 is 0 Å². The Hall–Kier alpha value is -0.460. The lowest BCUT2D eigenvalue weighted by Gasteiger charge is -2.24. The van der Waals surface area contributed by atoms with Gasteiger partial charge in [-0.05, 0) is 25.7 Å². The molecule has 0 aliphatic carbocycles. The zero-order chi connectivity index (χ0) is 16.9. The van der Waals surface area contributed by atoms with Crippen molar-refractivity contribution in [3.8, 4) is 0 Å². The van der Waals surface area contributed by atoms with Crippen molar-refractivity contribution in [1.29, 1.82) is 0 Å². The molecule has 1 rings (SSSR count). The molecule has 0 saturated carbocycles. The van der Waals surface area contributed by atoms with Crippen LogP contribution in [0.2, 0.25) is 0 Å². The number of hydrogen-bond donors (Lipinski definition) is 3. The van der Waals surface area contributed by atoms with Gasteiger partial charge in [0.15, 0.2) is 0 Å². The Labute approximate surface area is 140 Å². The summed E-state index contributed by atoms with van der Waals surface area (Å²) in [7, 11) is 0. The van der Waals surface area contributed by atoms with Crippen LogP contribution in [0.15, 0.2) is 12.2 Å². The first-order chi connectivity index (χ1) is 11.2. The molecule has 1 fully saturated rings. The first kappa shape index (κ1) is 20.6. The molecule has 5 nitrogen and oxygen atoms in total. The summed E-state index contributed by atoms with van der Waals surface area (Å²) >= 11 is 0. The van der Waals surface area contributed by atoms with Gasteiger partial charge in [-0.3, -0.25) is 0 Å². The second-order valence-electron chi connectivity index (χ2n) is 6.26. The van der Waals surface area contributed by atoms with E-state index in [4.69, 9.17) is 9.47 Å². The summed E-state index contributed by atoms with van der Waals surface area (Å²) in [4.78, 5) is 0. The average molecular weight is 330 g/mol. The van der Waals surface area contributed by atoms with E-state index < -0.39 is 24.4 Å². The van der Waals surface area contributed by atoms with Gasteiger partial charge in [0.2, 0.25) is 0 Å². The average Bonchev–Trinajstić information content (AvgIpc) is 2.88. The Bertz CT molecular complexity index is 308. The van der Waals surface area contributed by atoms with Crippen LogP contribution in [0.1, 0.15) is 58.3 Å². The molecule has 1 saturated heterocycles. The van der Waals surface area contributed by atoms with Gasteiger partial charge >= 0.3 is 0 Å². The largest absolute Gasteiger partial charge is 0.394 e. The van der Waals surface area contributed by atoms with Gasteiger partial charge in [-0.2, -0.15) is 0 Å². The molecule has 0 unspecified atom stereocenters. The van der Waals surface area contributed by atoms with Crippen molar-refractivity contribution in [2.24, 2.45) is 0 Å². The van der Waals surface area contributed by atoms with Crippen LogP contribution in [-0.4, -0.2) is 59.6 Å². The molecule has 0 bridgehead atoms. The van der Waals surface area contributed by atoms with Crippen LogP contribution in [-0.2, 0) is 9.47 Å². The monoisotopic (exact) mass is 330 g/mol. The van der Waals surface area contributed by atoms with Gasteiger partial charge in [0.05, 0.1) is 13.2 Å². The zero-order valence-electron chi connectivity index (χ0n) is 14.4. The molecule has 4 atom stereocenters. The summed E-state index contributed by atoms with van der Waals surface area (Å²) in [5.41, 5.74) is 0. The normalized spacial score (nSPS) is 26.2. The van der Waals surface area contributed by atoms with E-state index in [-0.39, 0.29) is 13.2 Å². The summed E-state index contributed by atoms with van der Waals surface area (Å²) in [5, 5.41) is 28.6. The summed E-state index contributed by atoms with van der Waals surface area (Å²) in [6, 6.07) is 0. The van der Waals surface area contributed by atoms with Crippen LogP contribution in [0.5, 0.6) is 0 Å². The molecule has 5 heteroatoms. The number of hydrogen-bond acceptors (Lipinski definition) is 5.